The number of aromatic nitrogens is 1. The molecule has 51 heavy (non-hydrogen) atoms. The molecule has 6 aromatic rings. The topological polar surface area (TPSA) is 59.4 Å². The van der Waals surface area contributed by atoms with E-state index in [1.165, 1.54) is 33.4 Å². The van der Waals surface area contributed by atoms with Gasteiger partial charge < -0.3 is 14.8 Å². The Kier molecular flexibility index (Phi) is 12.3. The molecular formula is C46H50IrNO3-. The van der Waals surface area contributed by atoms with E-state index in [9.17, 15) is 9.90 Å². The molecule has 5 aromatic carbocycles. The van der Waals surface area contributed by atoms with E-state index in [1.807, 2.05) is 78.1 Å². The number of fused-ring (bicyclic) bond motifs is 5. The van der Waals surface area contributed by atoms with Crippen molar-refractivity contribution in [1.82, 2.24) is 4.98 Å². The average Bonchev–Trinajstić information content (AvgIpc) is 3.07. The molecule has 6 rings (SSSR count). The standard InChI is InChI=1S/C35H30NO.C11H20O2.Ir/c1-22(2)24-18-25(23(3)4)20-26(19-24)35-32-15-14-29-28-12-8-9-13-31(28)34(37-27-10-6-5-7-11-27)21-33(29)30(32)16-17-36-35;1-10(2,3)8(12)7-9(13)11(4,5)6;/h5-19,21-23H,1-4H3;7,12H,1-6H3;/q-1;;/b;8-7-;. The van der Waals surface area contributed by atoms with Gasteiger partial charge in [-0.15, -0.1) is 34.9 Å². The Morgan fingerprint density at radius 2 is 1.29 bits per heavy atom. The maximum absolute atomic E-state index is 11.5. The number of carbonyl (C=O) groups excluding carboxylic acids is 1. The summed E-state index contributed by atoms with van der Waals surface area (Å²) in [6, 6.07) is 35.4. The SMILES string of the molecule is CC(C)(C)C(=O)/C=C(\O)C(C)(C)C.CC(C)c1[c-]c(-c2nccc3c2ccc2c4ccccc4c(Oc4ccccc4)cc32)cc(C(C)C)c1.[Ir]. The summed E-state index contributed by atoms with van der Waals surface area (Å²) in [5.41, 5.74) is 3.82. The monoisotopic (exact) mass is 857 g/mol. The second kappa shape index (κ2) is 15.9. The van der Waals surface area contributed by atoms with Crippen molar-refractivity contribution in [3.63, 3.8) is 0 Å². The number of para-hydroxylation sites is 1. The number of ether oxygens (including phenoxy) is 1. The van der Waals surface area contributed by atoms with Crippen LogP contribution >= 0.6 is 0 Å². The summed E-state index contributed by atoms with van der Waals surface area (Å²) in [5, 5.41) is 16.5. The molecule has 0 atom stereocenters. The first-order valence-electron chi connectivity index (χ1n) is 17.5. The summed E-state index contributed by atoms with van der Waals surface area (Å²) in [4.78, 5) is 16.4. The Bertz CT molecular complexity index is 2160. The van der Waals surface area contributed by atoms with Crippen LogP contribution in [0.3, 0.4) is 0 Å². The first-order valence-corrected chi connectivity index (χ1v) is 17.5. The summed E-state index contributed by atoms with van der Waals surface area (Å²) in [7, 11) is 0. The van der Waals surface area contributed by atoms with Gasteiger partial charge in [-0.3, -0.25) is 4.79 Å². The summed E-state index contributed by atoms with van der Waals surface area (Å²) in [5.74, 6) is 2.63. The van der Waals surface area contributed by atoms with Crippen LogP contribution in [0.25, 0.3) is 43.6 Å². The van der Waals surface area contributed by atoms with E-state index in [-0.39, 0.29) is 37.1 Å². The van der Waals surface area contributed by atoms with Gasteiger partial charge in [-0.1, -0.05) is 124 Å². The number of nitrogens with zero attached hydrogens (tertiary/aromatic N) is 1. The summed E-state index contributed by atoms with van der Waals surface area (Å²) < 4.78 is 6.43. The van der Waals surface area contributed by atoms with E-state index in [0.29, 0.717) is 11.8 Å². The van der Waals surface area contributed by atoms with Crippen molar-refractivity contribution in [2.45, 2.75) is 81.1 Å². The molecule has 0 unspecified atom stereocenters. The molecule has 1 heterocycles. The van der Waals surface area contributed by atoms with E-state index in [0.717, 1.165) is 38.9 Å². The molecule has 0 aliphatic heterocycles. The zero-order valence-corrected chi connectivity index (χ0v) is 33.9. The molecular weight excluding hydrogens is 807 g/mol. The zero-order valence-electron chi connectivity index (χ0n) is 31.5. The third-order valence-electron chi connectivity index (χ3n) is 8.95. The van der Waals surface area contributed by atoms with E-state index in [2.05, 4.69) is 94.4 Å². The molecule has 1 aromatic heterocycles. The molecule has 1 radical (unpaired) electrons. The largest absolute Gasteiger partial charge is 0.512 e. The molecule has 0 amide bonds. The van der Waals surface area contributed by atoms with Gasteiger partial charge in [0.05, 0.1) is 0 Å². The van der Waals surface area contributed by atoms with E-state index in [4.69, 9.17) is 9.72 Å². The number of pyridine rings is 1. The first-order chi connectivity index (χ1) is 23.5. The van der Waals surface area contributed by atoms with Gasteiger partial charge in [0.1, 0.15) is 17.3 Å². The molecule has 267 valence electrons. The van der Waals surface area contributed by atoms with Gasteiger partial charge in [0.2, 0.25) is 0 Å². The first kappa shape index (κ1) is 39.5. The molecule has 5 heteroatoms. The van der Waals surface area contributed by atoms with Gasteiger partial charge in [0.25, 0.3) is 0 Å². The van der Waals surface area contributed by atoms with E-state index in [1.54, 1.807) is 0 Å². The third-order valence-corrected chi connectivity index (χ3v) is 8.95. The van der Waals surface area contributed by atoms with Gasteiger partial charge in [0, 0.05) is 48.6 Å². The van der Waals surface area contributed by atoms with E-state index >= 15 is 0 Å². The Morgan fingerprint density at radius 3 is 1.90 bits per heavy atom. The van der Waals surface area contributed by atoms with Crippen molar-refractivity contribution in [3.05, 3.63) is 126 Å². The maximum Gasteiger partial charge on any atom is 0.164 e. The van der Waals surface area contributed by atoms with Crippen LogP contribution in [-0.2, 0) is 24.9 Å². The molecule has 0 bridgehead atoms. The van der Waals surface area contributed by atoms with Crippen molar-refractivity contribution in [1.29, 1.82) is 0 Å². The molecule has 0 fully saturated rings. The van der Waals surface area contributed by atoms with E-state index < -0.39 is 5.41 Å². The van der Waals surface area contributed by atoms with Gasteiger partial charge in [-0.05, 0) is 68.7 Å². The minimum Gasteiger partial charge on any atom is -0.512 e. The number of ketones is 1. The average molecular weight is 857 g/mol. The van der Waals surface area contributed by atoms with Gasteiger partial charge in [-0.25, -0.2) is 0 Å². The Balaban J connectivity index is 0.000000358. The maximum atomic E-state index is 11.5. The molecule has 0 aliphatic rings. The van der Waals surface area contributed by atoms with Gasteiger partial charge in [-0.2, -0.15) is 0 Å². The normalized spacial score (nSPS) is 12.2. The number of allylic oxidation sites excluding steroid dienone is 2. The number of benzene rings is 5. The van der Waals surface area contributed by atoms with Crippen molar-refractivity contribution >= 4 is 38.1 Å². The molecule has 0 aliphatic carbocycles. The van der Waals surface area contributed by atoms with Crippen molar-refractivity contribution < 1.29 is 34.7 Å². The second-order valence-corrected chi connectivity index (χ2v) is 15.7. The predicted octanol–water partition coefficient (Wildman–Crippen LogP) is 13.1. The number of hydrogen-bond acceptors (Lipinski definition) is 4. The van der Waals surface area contributed by atoms with Crippen LogP contribution in [0.4, 0.5) is 0 Å². The van der Waals surface area contributed by atoms with Crippen LogP contribution in [0.15, 0.2) is 109 Å². The molecule has 0 saturated heterocycles. The van der Waals surface area contributed by atoms with Crippen molar-refractivity contribution in [2.24, 2.45) is 10.8 Å². The van der Waals surface area contributed by atoms with Gasteiger partial charge >= 0.3 is 0 Å². The summed E-state index contributed by atoms with van der Waals surface area (Å²) >= 11 is 0. The molecule has 1 N–H and O–H groups in total. The number of rotatable bonds is 6. The van der Waals surface area contributed by atoms with Crippen LogP contribution in [0.2, 0.25) is 0 Å². The summed E-state index contributed by atoms with van der Waals surface area (Å²) in [6.07, 6.45) is 3.26. The Morgan fingerprint density at radius 1 is 0.706 bits per heavy atom. The van der Waals surface area contributed by atoms with Crippen LogP contribution in [0.1, 0.15) is 92.2 Å². The zero-order chi connectivity index (χ0) is 36.4. The minimum absolute atomic E-state index is 0. The fourth-order valence-corrected chi connectivity index (χ4v) is 5.67. The van der Waals surface area contributed by atoms with Gasteiger partial charge in [0.15, 0.2) is 5.78 Å². The molecule has 0 spiro atoms. The fraction of sp³-hybridized carbons (Fsp3) is 0.304. The number of hydrogen-bond donors (Lipinski definition) is 1. The van der Waals surface area contributed by atoms with Crippen LogP contribution in [-0.4, -0.2) is 15.9 Å². The van der Waals surface area contributed by atoms with Crippen LogP contribution in [0.5, 0.6) is 11.5 Å². The van der Waals surface area contributed by atoms with Crippen molar-refractivity contribution in [2.75, 3.05) is 0 Å². The number of carbonyl (C=O) groups is 1. The van der Waals surface area contributed by atoms with Crippen LogP contribution < -0.4 is 4.74 Å². The molecule has 4 nitrogen and oxygen atoms in total. The van der Waals surface area contributed by atoms with Crippen LogP contribution in [0, 0.1) is 16.9 Å². The van der Waals surface area contributed by atoms with Crippen molar-refractivity contribution in [3.8, 4) is 22.8 Å². The Hall–Kier alpha value is -4.31. The third kappa shape index (κ3) is 9.14. The number of aliphatic hydroxyl groups excluding tert-OH is 1. The minimum atomic E-state index is -0.417. The predicted molar refractivity (Wildman–Crippen MR) is 210 cm³/mol. The fourth-order valence-electron chi connectivity index (χ4n) is 5.67. The second-order valence-electron chi connectivity index (χ2n) is 15.7. The summed E-state index contributed by atoms with van der Waals surface area (Å²) in [6.45, 7) is 20.1. The Labute approximate surface area is 317 Å². The molecule has 0 saturated carbocycles. The number of aliphatic hydroxyl groups is 1. The smallest absolute Gasteiger partial charge is 0.164 e. The quantitative estimate of drug-likeness (QED) is 0.0785.